The standard InChI is InChI=1S/C18H23F3N2O3/c1-22(7-4-8-26-2)17(25)14-10-16(24)23(12-14)11-13-5-3-6-15(9-13)18(19,20)21/h3,5-6,9,14H,4,7-8,10-12H2,1-2H3. The van der Waals surface area contributed by atoms with Crippen LogP contribution in [0.5, 0.6) is 0 Å². The van der Waals surface area contributed by atoms with Gasteiger partial charge in [0.05, 0.1) is 11.5 Å². The fourth-order valence-corrected chi connectivity index (χ4v) is 3.02. The predicted molar refractivity (Wildman–Crippen MR) is 89.1 cm³/mol. The third kappa shape index (κ3) is 5.20. The summed E-state index contributed by atoms with van der Waals surface area (Å²) >= 11 is 0. The minimum atomic E-state index is -4.42. The monoisotopic (exact) mass is 372 g/mol. The molecule has 8 heteroatoms. The molecule has 5 nitrogen and oxygen atoms in total. The lowest BCUT2D eigenvalue weighted by Gasteiger charge is -2.21. The van der Waals surface area contributed by atoms with Gasteiger partial charge in [0.15, 0.2) is 0 Å². The van der Waals surface area contributed by atoms with Crippen LogP contribution in [0.3, 0.4) is 0 Å². The van der Waals surface area contributed by atoms with Crippen LogP contribution in [0, 0.1) is 5.92 Å². The van der Waals surface area contributed by atoms with Crippen molar-refractivity contribution in [2.75, 3.05) is 33.9 Å². The molecule has 144 valence electrons. The second kappa shape index (κ2) is 8.53. The van der Waals surface area contributed by atoms with E-state index in [4.69, 9.17) is 4.74 Å². The molecule has 1 aromatic rings. The summed E-state index contributed by atoms with van der Waals surface area (Å²) in [6, 6.07) is 4.91. The van der Waals surface area contributed by atoms with Crippen molar-refractivity contribution < 1.29 is 27.5 Å². The zero-order chi connectivity index (χ0) is 19.3. The van der Waals surface area contributed by atoms with Crippen LogP contribution in [0.4, 0.5) is 13.2 Å². The van der Waals surface area contributed by atoms with Crippen molar-refractivity contribution in [2.24, 2.45) is 5.92 Å². The number of alkyl halides is 3. The van der Waals surface area contributed by atoms with Crippen molar-refractivity contribution in [2.45, 2.75) is 25.6 Å². The lowest BCUT2D eigenvalue weighted by atomic mass is 10.1. The molecular formula is C18H23F3N2O3. The van der Waals surface area contributed by atoms with E-state index < -0.39 is 17.7 Å². The van der Waals surface area contributed by atoms with Gasteiger partial charge in [0.25, 0.3) is 0 Å². The van der Waals surface area contributed by atoms with E-state index in [1.54, 1.807) is 25.1 Å². The van der Waals surface area contributed by atoms with Gasteiger partial charge in [-0.25, -0.2) is 0 Å². The summed E-state index contributed by atoms with van der Waals surface area (Å²) in [7, 11) is 3.26. The Kier molecular flexibility index (Phi) is 6.63. The summed E-state index contributed by atoms with van der Waals surface area (Å²) < 4.78 is 43.4. The first kappa shape index (κ1) is 20.2. The number of rotatable bonds is 7. The van der Waals surface area contributed by atoms with E-state index in [2.05, 4.69) is 0 Å². The van der Waals surface area contributed by atoms with Gasteiger partial charge in [0, 0.05) is 46.8 Å². The molecule has 0 radical (unpaired) electrons. The molecule has 26 heavy (non-hydrogen) atoms. The molecule has 1 atom stereocenters. The molecule has 1 fully saturated rings. The molecule has 1 aliphatic rings. The lowest BCUT2D eigenvalue weighted by molar-refractivity contribution is -0.137. The van der Waals surface area contributed by atoms with Crippen molar-refractivity contribution in [3.05, 3.63) is 35.4 Å². The molecular weight excluding hydrogens is 349 g/mol. The maximum absolute atomic E-state index is 12.8. The molecule has 1 aliphatic heterocycles. The van der Waals surface area contributed by atoms with E-state index in [1.807, 2.05) is 0 Å². The molecule has 1 saturated heterocycles. The van der Waals surface area contributed by atoms with Gasteiger partial charge in [-0.1, -0.05) is 12.1 Å². The fraction of sp³-hybridized carbons (Fsp3) is 0.556. The summed E-state index contributed by atoms with van der Waals surface area (Å²) in [5.74, 6) is -0.798. The highest BCUT2D eigenvalue weighted by Crippen LogP contribution is 2.30. The van der Waals surface area contributed by atoms with Gasteiger partial charge >= 0.3 is 6.18 Å². The number of halogens is 3. The Morgan fingerprint density at radius 1 is 1.38 bits per heavy atom. The number of benzene rings is 1. The molecule has 0 spiro atoms. The molecule has 1 unspecified atom stereocenters. The molecule has 0 aromatic heterocycles. The van der Waals surface area contributed by atoms with Crippen molar-refractivity contribution in [1.29, 1.82) is 0 Å². The van der Waals surface area contributed by atoms with Gasteiger partial charge in [-0.2, -0.15) is 13.2 Å². The van der Waals surface area contributed by atoms with E-state index in [0.717, 1.165) is 12.1 Å². The smallest absolute Gasteiger partial charge is 0.385 e. The first-order valence-electron chi connectivity index (χ1n) is 8.40. The highest BCUT2D eigenvalue weighted by Gasteiger charge is 2.36. The lowest BCUT2D eigenvalue weighted by Crippen LogP contribution is -2.35. The molecule has 1 heterocycles. The number of ether oxygens (including phenoxy) is 1. The maximum atomic E-state index is 12.8. The second-order valence-corrected chi connectivity index (χ2v) is 6.48. The Hall–Kier alpha value is -2.09. The number of nitrogens with zero attached hydrogens (tertiary/aromatic N) is 2. The summed E-state index contributed by atoms with van der Waals surface area (Å²) in [5.41, 5.74) is -0.345. The first-order valence-corrected chi connectivity index (χ1v) is 8.40. The second-order valence-electron chi connectivity index (χ2n) is 6.48. The van der Waals surface area contributed by atoms with E-state index in [9.17, 15) is 22.8 Å². The number of likely N-dealkylation sites (tertiary alicyclic amines) is 1. The zero-order valence-corrected chi connectivity index (χ0v) is 14.9. The Balaban J connectivity index is 1.96. The molecule has 0 bridgehead atoms. The van der Waals surface area contributed by atoms with E-state index in [1.165, 1.54) is 11.0 Å². The number of carbonyl (C=O) groups is 2. The van der Waals surface area contributed by atoms with Crippen molar-refractivity contribution in [3.63, 3.8) is 0 Å². The molecule has 0 N–H and O–H groups in total. The number of methoxy groups -OCH3 is 1. The van der Waals surface area contributed by atoms with Gasteiger partial charge in [0.1, 0.15) is 0 Å². The van der Waals surface area contributed by atoms with Gasteiger partial charge in [-0.15, -0.1) is 0 Å². The third-order valence-corrected chi connectivity index (χ3v) is 4.41. The highest BCUT2D eigenvalue weighted by atomic mass is 19.4. The predicted octanol–water partition coefficient (Wildman–Crippen LogP) is 2.55. The van der Waals surface area contributed by atoms with Crippen LogP contribution in [-0.2, 0) is 27.0 Å². The Labute approximate surface area is 150 Å². The average molecular weight is 372 g/mol. The topological polar surface area (TPSA) is 49.9 Å². The van der Waals surface area contributed by atoms with E-state index >= 15 is 0 Å². The maximum Gasteiger partial charge on any atom is 0.416 e. The summed E-state index contributed by atoms with van der Waals surface area (Å²) in [6.45, 7) is 1.37. The van der Waals surface area contributed by atoms with E-state index in [-0.39, 0.29) is 31.3 Å². The Morgan fingerprint density at radius 3 is 2.77 bits per heavy atom. The van der Waals surface area contributed by atoms with Crippen LogP contribution in [0.2, 0.25) is 0 Å². The first-order chi connectivity index (χ1) is 12.2. The quantitative estimate of drug-likeness (QED) is 0.691. The van der Waals surface area contributed by atoms with Crippen LogP contribution in [-0.4, -0.2) is 55.5 Å². The third-order valence-electron chi connectivity index (χ3n) is 4.41. The molecule has 2 amide bonds. The molecule has 1 aromatic carbocycles. The molecule has 0 saturated carbocycles. The van der Waals surface area contributed by atoms with Gasteiger partial charge in [-0.3, -0.25) is 9.59 Å². The summed E-state index contributed by atoms with van der Waals surface area (Å²) in [6.07, 6.45) is -3.63. The van der Waals surface area contributed by atoms with Crippen LogP contribution >= 0.6 is 0 Å². The number of hydrogen-bond donors (Lipinski definition) is 0. The van der Waals surface area contributed by atoms with Crippen molar-refractivity contribution in [1.82, 2.24) is 9.80 Å². The fourth-order valence-electron chi connectivity index (χ4n) is 3.02. The molecule has 2 rings (SSSR count). The van der Waals surface area contributed by atoms with Crippen LogP contribution < -0.4 is 0 Å². The van der Waals surface area contributed by atoms with Gasteiger partial charge in [-0.05, 0) is 24.1 Å². The Morgan fingerprint density at radius 2 is 2.12 bits per heavy atom. The highest BCUT2D eigenvalue weighted by molar-refractivity contribution is 5.89. The number of amides is 2. The normalized spacial score (nSPS) is 17.7. The SMILES string of the molecule is COCCCN(C)C(=O)C1CC(=O)N(Cc2cccc(C(F)(F)F)c2)C1. The van der Waals surface area contributed by atoms with Crippen LogP contribution in [0.15, 0.2) is 24.3 Å². The average Bonchev–Trinajstić information content (AvgIpc) is 2.94. The minimum absolute atomic E-state index is 0.0694. The summed E-state index contributed by atoms with van der Waals surface area (Å²) in [4.78, 5) is 27.6. The van der Waals surface area contributed by atoms with E-state index in [0.29, 0.717) is 25.1 Å². The van der Waals surface area contributed by atoms with Gasteiger partial charge < -0.3 is 14.5 Å². The number of hydrogen-bond acceptors (Lipinski definition) is 3. The van der Waals surface area contributed by atoms with Crippen LogP contribution in [0.1, 0.15) is 24.0 Å². The Bertz CT molecular complexity index is 649. The summed E-state index contributed by atoms with van der Waals surface area (Å²) in [5, 5.41) is 0. The van der Waals surface area contributed by atoms with Crippen LogP contribution in [0.25, 0.3) is 0 Å². The number of carbonyl (C=O) groups excluding carboxylic acids is 2. The van der Waals surface area contributed by atoms with Crippen molar-refractivity contribution >= 4 is 11.8 Å². The largest absolute Gasteiger partial charge is 0.416 e. The van der Waals surface area contributed by atoms with Crippen molar-refractivity contribution in [3.8, 4) is 0 Å². The van der Waals surface area contributed by atoms with Gasteiger partial charge in [0.2, 0.25) is 11.8 Å². The zero-order valence-electron chi connectivity index (χ0n) is 14.9. The molecule has 0 aliphatic carbocycles. The minimum Gasteiger partial charge on any atom is -0.385 e.